The van der Waals surface area contributed by atoms with Crippen molar-refractivity contribution in [3.63, 3.8) is 0 Å². The van der Waals surface area contributed by atoms with Crippen molar-refractivity contribution < 1.29 is 17.5 Å². The zero-order chi connectivity index (χ0) is 21.2. The molecule has 2 N–H and O–H groups in total. The van der Waals surface area contributed by atoms with Crippen molar-refractivity contribution in [2.45, 2.75) is 18.7 Å². The van der Waals surface area contributed by atoms with Crippen LogP contribution in [0.25, 0.3) is 16.8 Å². The van der Waals surface area contributed by atoms with Crippen LogP contribution in [-0.4, -0.2) is 24.8 Å². The average Bonchev–Trinajstić information content (AvgIpc) is 2.67. The molecule has 0 saturated heterocycles. The summed E-state index contributed by atoms with van der Waals surface area (Å²) in [5.41, 5.74) is 0.842. The summed E-state index contributed by atoms with van der Waals surface area (Å²) in [5.74, 6) is -0.189. The number of benzene rings is 2. The Morgan fingerprint density at radius 3 is 2.28 bits per heavy atom. The molecule has 3 aromatic rings. The van der Waals surface area contributed by atoms with Crippen molar-refractivity contribution in [3.05, 3.63) is 70.9 Å². The second-order valence-corrected chi connectivity index (χ2v) is 8.42. The van der Waals surface area contributed by atoms with Crippen LogP contribution in [0.1, 0.15) is 13.8 Å². The highest BCUT2D eigenvalue weighted by molar-refractivity contribution is 7.89. The van der Waals surface area contributed by atoms with E-state index >= 15 is 0 Å². The SMILES string of the molecule is CC(C)COc1c(-c2ccc(S(N)(=O)=O)cc2)cnn(-c2ccc(F)cc2)c1=O. The van der Waals surface area contributed by atoms with Crippen LogP contribution in [0.15, 0.2) is 64.4 Å². The van der Waals surface area contributed by atoms with Gasteiger partial charge in [-0.15, -0.1) is 0 Å². The molecule has 0 aliphatic carbocycles. The number of nitrogens with zero attached hydrogens (tertiary/aromatic N) is 2. The fraction of sp³-hybridized carbons (Fsp3) is 0.200. The smallest absolute Gasteiger partial charge is 0.314 e. The predicted molar refractivity (Wildman–Crippen MR) is 107 cm³/mol. The Kier molecular flexibility index (Phi) is 5.81. The highest BCUT2D eigenvalue weighted by Gasteiger charge is 2.17. The van der Waals surface area contributed by atoms with Crippen molar-refractivity contribution in [2.75, 3.05) is 6.61 Å². The Morgan fingerprint density at radius 1 is 1.10 bits per heavy atom. The molecule has 0 aliphatic heterocycles. The van der Waals surface area contributed by atoms with Gasteiger partial charge >= 0.3 is 5.56 Å². The summed E-state index contributed by atoms with van der Waals surface area (Å²) in [6.45, 7) is 4.19. The number of hydrogen-bond acceptors (Lipinski definition) is 5. The van der Waals surface area contributed by atoms with Gasteiger partial charge in [-0.05, 0) is 47.9 Å². The summed E-state index contributed by atoms with van der Waals surface area (Å²) in [6, 6.07) is 11.1. The molecule has 0 atom stereocenters. The van der Waals surface area contributed by atoms with E-state index in [2.05, 4.69) is 5.10 Å². The first-order valence-corrected chi connectivity index (χ1v) is 10.4. The van der Waals surface area contributed by atoms with Gasteiger partial charge in [0.25, 0.3) is 0 Å². The minimum Gasteiger partial charge on any atom is -0.487 e. The van der Waals surface area contributed by atoms with Crippen molar-refractivity contribution in [3.8, 4) is 22.6 Å². The molecule has 7 nitrogen and oxygen atoms in total. The van der Waals surface area contributed by atoms with Gasteiger partial charge in [0.2, 0.25) is 10.0 Å². The molecule has 0 spiro atoms. The second kappa shape index (κ2) is 8.14. The molecule has 0 aliphatic rings. The molecule has 0 unspecified atom stereocenters. The van der Waals surface area contributed by atoms with Gasteiger partial charge in [-0.25, -0.2) is 17.9 Å². The Labute approximate surface area is 167 Å². The monoisotopic (exact) mass is 417 g/mol. The molecule has 152 valence electrons. The summed E-state index contributed by atoms with van der Waals surface area (Å²) in [7, 11) is -3.83. The molecule has 29 heavy (non-hydrogen) atoms. The van der Waals surface area contributed by atoms with Gasteiger partial charge in [0, 0.05) is 5.56 Å². The Bertz CT molecular complexity index is 1170. The number of rotatable bonds is 6. The van der Waals surface area contributed by atoms with Crippen LogP contribution in [-0.2, 0) is 10.0 Å². The van der Waals surface area contributed by atoms with Gasteiger partial charge in [-0.1, -0.05) is 26.0 Å². The van der Waals surface area contributed by atoms with Crippen molar-refractivity contribution in [1.29, 1.82) is 0 Å². The standard InChI is InChI=1S/C20H20FN3O4S/c1-13(2)12-28-19-18(14-3-9-17(10-4-14)29(22,26)27)11-23-24(20(19)25)16-7-5-15(21)6-8-16/h3-11,13H,12H2,1-2H3,(H2,22,26,27). The predicted octanol–water partition coefficient (Wildman–Crippen LogP) is 2.72. The van der Waals surface area contributed by atoms with E-state index in [-0.39, 0.29) is 16.6 Å². The molecule has 0 saturated carbocycles. The number of aromatic nitrogens is 2. The van der Waals surface area contributed by atoms with E-state index in [1.807, 2.05) is 13.8 Å². The highest BCUT2D eigenvalue weighted by Crippen LogP contribution is 2.28. The molecule has 2 aromatic carbocycles. The maximum atomic E-state index is 13.2. The first-order valence-electron chi connectivity index (χ1n) is 8.81. The molecule has 0 fully saturated rings. The lowest BCUT2D eigenvalue weighted by atomic mass is 10.1. The van der Waals surface area contributed by atoms with Crippen LogP contribution in [0.5, 0.6) is 5.75 Å². The van der Waals surface area contributed by atoms with E-state index in [4.69, 9.17) is 9.88 Å². The molecular formula is C20H20FN3O4S. The Morgan fingerprint density at radius 2 is 1.72 bits per heavy atom. The number of halogens is 1. The lowest BCUT2D eigenvalue weighted by Crippen LogP contribution is -2.24. The number of sulfonamides is 1. The third kappa shape index (κ3) is 4.69. The second-order valence-electron chi connectivity index (χ2n) is 6.85. The molecule has 0 bridgehead atoms. The molecule has 1 heterocycles. The summed E-state index contributed by atoms with van der Waals surface area (Å²) < 4.78 is 43.0. The molecule has 9 heteroatoms. The van der Waals surface area contributed by atoms with E-state index in [0.29, 0.717) is 23.4 Å². The van der Waals surface area contributed by atoms with E-state index in [1.54, 1.807) is 0 Å². The lowest BCUT2D eigenvalue weighted by Gasteiger charge is -2.15. The summed E-state index contributed by atoms with van der Waals surface area (Å²) >= 11 is 0. The molecule has 3 rings (SSSR count). The topological polar surface area (TPSA) is 104 Å². The number of hydrogen-bond donors (Lipinski definition) is 1. The average molecular weight is 417 g/mol. The summed E-state index contributed by atoms with van der Waals surface area (Å²) in [4.78, 5) is 13.0. The highest BCUT2D eigenvalue weighted by atomic mass is 32.2. The van der Waals surface area contributed by atoms with Crippen LogP contribution < -0.4 is 15.4 Å². The van der Waals surface area contributed by atoms with Crippen LogP contribution in [0.4, 0.5) is 4.39 Å². The molecule has 0 radical (unpaired) electrons. The van der Waals surface area contributed by atoms with Crippen molar-refractivity contribution >= 4 is 10.0 Å². The lowest BCUT2D eigenvalue weighted by molar-refractivity contribution is 0.267. The van der Waals surface area contributed by atoms with E-state index in [0.717, 1.165) is 4.68 Å². The van der Waals surface area contributed by atoms with Crippen LogP contribution in [0.2, 0.25) is 0 Å². The zero-order valence-corrected chi connectivity index (χ0v) is 16.7. The minimum atomic E-state index is -3.83. The largest absolute Gasteiger partial charge is 0.487 e. The maximum Gasteiger partial charge on any atom is 0.314 e. The van der Waals surface area contributed by atoms with Gasteiger partial charge < -0.3 is 4.74 Å². The number of primary sulfonamides is 1. The van der Waals surface area contributed by atoms with Crippen molar-refractivity contribution in [2.24, 2.45) is 11.1 Å². The molecule has 0 amide bonds. The van der Waals surface area contributed by atoms with E-state index < -0.39 is 21.4 Å². The van der Waals surface area contributed by atoms with Crippen LogP contribution >= 0.6 is 0 Å². The van der Waals surface area contributed by atoms with Gasteiger partial charge in [0.15, 0.2) is 5.75 Å². The minimum absolute atomic E-state index is 0.0430. The zero-order valence-electron chi connectivity index (χ0n) is 15.9. The van der Waals surface area contributed by atoms with E-state index in [1.165, 1.54) is 54.7 Å². The number of ether oxygens (including phenoxy) is 1. The quantitative estimate of drug-likeness (QED) is 0.664. The van der Waals surface area contributed by atoms with Crippen molar-refractivity contribution in [1.82, 2.24) is 9.78 Å². The van der Waals surface area contributed by atoms with Gasteiger partial charge in [0.05, 0.1) is 23.4 Å². The first-order chi connectivity index (χ1) is 13.7. The number of nitrogens with two attached hydrogens (primary N) is 1. The Hall–Kier alpha value is -3.04. The third-order valence-corrected chi connectivity index (χ3v) is 4.99. The van der Waals surface area contributed by atoms with E-state index in [9.17, 15) is 17.6 Å². The molecule has 1 aromatic heterocycles. The molecular weight excluding hydrogens is 397 g/mol. The maximum absolute atomic E-state index is 13.2. The fourth-order valence-corrected chi connectivity index (χ4v) is 3.14. The van der Waals surface area contributed by atoms with Gasteiger partial charge in [-0.2, -0.15) is 9.78 Å². The Balaban J connectivity index is 2.12. The first kappa shape index (κ1) is 20.7. The van der Waals surface area contributed by atoms with Gasteiger partial charge in [0.1, 0.15) is 5.82 Å². The normalized spacial score (nSPS) is 11.6. The van der Waals surface area contributed by atoms with Crippen LogP contribution in [0.3, 0.4) is 0 Å². The summed E-state index contributed by atoms with van der Waals surface area (Å²) in [6.07, 6.45) is 1.45. The fourth-order valence-electron chi connectivity index (χ4n) is 2.62. The summed E-state index contributed by atoms with van der Waals surface area (Å²) in [5, 5.41) is 9.30. The van der Waals surface area contributed by atoms with Gasteiger partial charge in [-0.3, -0.25) is 4.79 Å². The van der Waals surface area contributed by atoms with Crippen LogP contribution in [0, 0.1) is 11.7 Å². The third-order valence-electron chi connectivity index (χ3n) is 4.06.